The molecular formula is C27H25FN2O4S. The predicted molar refractivity (Wildman–Crippen MR) is 134 cm³/mol. The number of methoxy groups -OCH3 is 2. The molecule has 1 amide bonds. The second kappa shape index (κ2) is 8.85. The summed E-state index contributed by atoms with van der Waals surface area (Å²) in [6, 6.07) is 18.7. The molecule has 0 radical (unpaired) electrons. The average Bonchev–Trinajstić information content (AvgIpc) is 2.85. The Kier molecular flexibility index (Phi) is 5.84. The maximum atomic E-state index is 13.9. The fourth-order valence-electron chi connectivity index (χ4n) is 4.96. The van der Waals surface area contributed by atoms with Crippen LogP contribution >= 0.6 is 12.2 Å². The zero-order valence-electron chi connectivity index (χ0n) is 19.7. The predicted octanol–water partition coefficient (Wildman–Crippen LogP) is 5.26. The molecule has 0 N–H and O–H groups in total. The van der Waals surface area contributed by atoms with E-state index in [0.29, 0.717) is 34.5 Å². The minimum atomic E-state index is -0.914. The molecule has 0 spiro atoms. The minimum Gasteiger partial charge on any atom is -0.496 e. The Hall–Kier alpha value is -3.65. The number of rotatable bonds is 5. The van der Waals surface area contributed by atoms with Gasteiger partial charge < -0.3 is 14.2 Å². The maximum Gasteiger partial charge on any atom is 0.233 e. The van der Waals surface area contributed by atoms with E-state index in [-0.39, 0.29) is 24.2 Å². The van der Waals surface area contributed by atoms with Gasteiger partial charge in [0.1, 0.15) is 11.6 Å². The van der Waals surface area contributed by atoms with Gasteiger partial charge in [-0.2, -0.15) is 0 Å². The Bertz CT molecular complexity index is 1300. The summed E-state index contributed by atoms with van der Waals surface area (Å²) in [7, 11) is 3.16. The van der Waals surface area contributed by atoms with Crippen molar-refractivity contribution in [2.45, 2.75) is 31.5 Å². The van der Waals surface area contributed by atoms with Crippen LogP contribution in [-0.2, 0) is 11.2 Å². The van der Waals surface area contributed by atoms with Gasteiger partial charge in [-0.25, -0.2) is 4.39 Å². The van der Waals surface area contributed by atoms with E-state index >= 15 is 0 Å². The molecule has 3 aromatic rings. The van der Waals surface area contributed by atoms with Crippen molar-refractivity contribution < 1.29 is 23.4 Å². The van der Waals surface area contributed by atoms with Crippen molar-refractivity contribution in [3.05, 3.63) is 83.7 Å². The lowest BCUT2D eigenvalue weighted by atomic mass is 9.88. The fraction of sp³-hybridized carbons (Fsp3) is 0.259. The van der Waals surface area contributed by atoms with Gasteiger partial charge in [0.2, 0.25) is 5.91 Å². The third-order valence-electron chi connectivity index (χ3n) is 6.55. The van der Waals surface area contributed by atoms with Crippen molar-refractivity contribution >= 4 is 28.9 Å². The van der Waals surface area contributed by atoms with Crippen molar-refractivity contribution in [3.63, 3.8) is 0 Å². The van der Waals surface area contributed by atoms with Crippen molar-refractivity contribution in [2.24, 2.45) is 0 Å². The monoisotopic (exact) mass is 492 g/mol. The van der Waals surface area contributed by atoms with E-state index in [1.165, 1.54) is 12.1 Å². The number of ether oxygens (including phenoxy) is 3. The van der Waals surface area contributed by atoms with Gasteiger partial charge in [0.25, 0.3) is 0 Å². The van der Waals surface area contributed by atoms with Crippen molar-refractivity contribution in [1.82, 2.24) is 4.90 Å². The highest BCUT2D eigenvalue weighted by Crippen LogP contribution is 2.52. The van der Waals surface area contributed by atoms with Gasteiger partial charge in [-0.05, 0) is 55.5 Å². The largest absolute Gasteiger partial charge is 0.496 e. The number of benzene rings is 3. The van der Waals surface area contributed by atoms with Gasteiger partial charge in [-0.15, -0.1) is 0 Å². The standard InChI is InChI=1S/C27H25FN2O4S/c1-27-16-21(20-8-6-10-23(33-3)25(20)34-27)29(24(31)15-17-7-4-5-9-22(17)32-2)26(35)30(27)19-13-11-18(28)12-14-19/h4-14,21H,15-16H2,1-3H3/t21-,27-/m1/s1. The number of halogens is 1. The van der Waals surface area contributed by atoms with Gasteiger partial charge in [-0.1, -0.05) is 30.3 Å². The van der Waals surface area contributed by atoms with Crippen LogP contribution in [0.4, 0.5) is 10.1 Å². The van der Waals surface area contributed by atoms with E-state index in [2.05, 4.69) is 0 Å². The number of fused-ring (bicyclic) bond motifs is 4. The van der Waals surface area contributed by atoms with Crippen LogP contribution in [0.3, 0.4) is 0 Å². The third-order valence-corrected chi connectivity index (χ3v) is 6.93. The molecule has 2 atom stereocenters. The third kappa shape index (κ3) is 3.87. The summed E-state index contributed by atoms with van der Waals surface area (Å²) >= 11 is 5.93. The van der Waals surface area contributed by atoms with Gasteiger partial charge in [0, 0.05) is 23.2 Å². The van der Waals surface area contributed by atoms with Crippen molar-refractivity contribution in [3.8, 4) is 17.2 Å². The molecule has 35 heavy (non-hydrogen) atoms. The second-order valence-electron chi connectivity index (χ2n) is 8.72. The fourth-order valence-corrected chi connectivity index (χ4v) is 5.48. The van der Waals surface area contributed by atoms with E-state index in [4.69, 9.17) is 26.4 Å². The summed E-state index contributed by atoms with van der Waals surface area (Å²) in [5.41, 5.74) is 1.31. The van der Waals surface area contributed by atoms with E-state index < -0.39 is 5.72 Å². The zero-order chi connectivity index (χ0) is 24.7. The summed E-state index contributed by atoms with van der Waals surface area (Å²) in [5.74, 6) is 1.24. The van der Waals surface area contributed by atoms with E-state index in [1.54, 1.807) is 36.2 Å². The normalized spacial score (nSPS) is 20.7. The Morgan fingerprint density at radius 2 is 1.74 bits per heavy atom. The highest BCUT2D eigenvalue weighted by Gasteiger charge is 2.54. The number of anilines is 1. The van der Waals surface area contributed by atoms with Crippen LogP contribution in [-0.4, -0.2) is 35.9 Å². The lowest BCUT2D eigenvalue weighted by molar-refractivity contribution is -0.131. The first-order chi connectivity index (χ1) is 16.9. The number of carbonyl (C=O) groups excluding carboxylic acids is 1. The highest BCUT2D eigenvalue weighted by molar-refractivity contribution is 7.80. The van der Waals surface area contributed by atoms with Crippen LogP contribution in [0, 0.1) is 5.82 Å². The Morgan fingerprint density at radius 3 is 2.46 bits per heavy atom. The molecule has 0 aliphatic carbocycles. The van der Waals surface area contributed by atoms with Gasteiger partial charge in [0.15, 0.2) is 22.3 Å². The zero-order valence-corrected chi connectivity index (χ0v) is 20.5. The van der Waals surface area contributed by atoms with Crippen LogP contribution in [0.15, 0.2) is 66.7 Å². The molecule has 3 aromatic carbocycles. The molecule has 180 valence electrons. The Balaban J connectivity index is 1.63. The number of amides is 1. The molecule has 2 heterocycles. The molecule has 2 aliphatic rings. The molecule has 0 aromatic heterocycles. The smallest absolute Gasteiger partial charge is 0.233 e. The molecular weight excluding hydrogens is 467 g/mol. The summed E-state index contributed by atoms with van der Waals surface area (Å²) < 4.78 is 31.3. The second-order valence-corrected chi connectivity index (χ2v) is 9.09. The van der Waals surface area contributed by atoms with Crippen molar-refractivity contribution in [2.75, 3.05) is 19.1 Å². The van der Waals surface area contributed by atoms with E-state index in [0.717, 1.165) is 11.1 Å². The molecule has 6 nitrogen and oxygen atoms in total. The topological polar surface area (TPSA) is 51.2 Å². The molecule has 2 bridgehead atoms. The van der Waals surface area contributed by atoms with E-state index in [1.807, 2.05) is 49.4 Å². The van der Waals surface area contributed by atoms with Crippen LogP contribution < -0.4 is 19.1 Å². The van der Waals surface area contributed by atoms with E-state index in [9.17, 15) is 9.18 Å². The molecule has 0 unspecified atom stereocenters. The number of carbonyl (C=O) groups is 1. The molecule has 5 rings (SSSR count). The van der Waals surface area contributed by atoms with Crippen LogP contribution in [0.2, 0.25) is 0 Å². The average molecular weight is 493 g/mol. The summed E-state index contributed by atoms with van der Waals surface area (Å²) in [6.45, 7) is 1.92. The number of hydrogen-bond acceptors (Lipinski definition) is 5. The number of hydrogen-bond donors (Lipinski definition) is 0. The number of nitrogens with zero attached hydrogens (tertiary/aromatic N) is 2. The van der Waals surface area contributed by atoms with Crippen LogP contribution in [0.1, 0.15) is 30.5 Å². The lowest BCUT2D eigenvalue weighted by Gasteiger charge is -2.55. The molecule has 0 saturated carbocycles. The van der Waals surface area contributed by atoms with Crippen LogP contribution in [0.25, 0.3) is 0 Å². The van der Waals surface area contributed by atoms with Crippen molar-refractivity contribution in [1.29, 1.82) is 0 Å². The quantitative estimate of drug-likeness (QED) is 0.453. The first-order valence-electron chi connectivity index (χ1n) is 11.3. The number of para-hydroxylation sites is 2. The van der Waals surface area contributed by atoms with Gasteiger partial charge in [0.05, 0.1) is 26.7 Å². The first-order valence-corrected chi connectivity index (χ1v) is 11.7. The highest BCUT2D eigenvalue weighted by atomic mass is 32.1. The molecule has 1 saturated heterocycles. The first kappa shape index (κ1) is 23.1. The van der Waals surface area contributed by atoms with Crippen LogP contribution in [0.5, 0.6) is 17.2 Å². The lowest BCUT2D eigenvalue weighted by Crippen LogP contribution is -2.67. The summed E-state index contributed by atoms with van der Waals surface area (Å²) in [5, 5.41) is 0.295. The molecule has 8 heteroatoms. The summed E-state index contributed by atoms with van der Waals surface area (Å²) in [6.07, 6.45) is 0.567. The molecule has 1 fully saturated rings. The SMILES string of the molecule is COc1ccccc1CC(=O)N1C(=S)N(c2ccc(F)cc2)[C@@]2(C)C[C@@H]1c1cccc(OC)c1O2. The Morgan fingerprint density at radius 1 is 1.06 bits per heavy atom. The summed E-state index contributed by atoms with van der Waals surface area (Å²) in [4.78, 5) is 17.3. The Labute approximate surface area is 208 Å². The number of thiocarbonyl (C=S) groups is 1. The van der Waals surface area contributed by atoms with Gasteiger partial charge in [-0.3, -0.25) is 14.6 Å². The maximum absolute atomic E-state index is 13.9. The molecule has 2 aliphatic heterocycles. The van der Waals surface area contributed by atoms with Gasteiger partial charge >= 0.3 is 0 Å². The minimum absolute atomic E-state index is 0.106.